The summed E-state index contributed by atoms with van der Waals surface area (Å²) in [4.78, 5) is 0. The van der Waals surface area contributed by atoms with Gasteiger partial charge in [-0.3, -0.25) is 0 Å². The fourth-order valence-corrected chi connectivity index (χ4v) is 3.02. The van der Waals surface area contributed by atoms with E-state index in [0.29, 0.717) is 11.1 Å². The van der Waals surface area contributed by atoms with E-state index in [0.717, 1.165) is 13.0 Å². The molecule has 1 rings (SSSR count). The van der Waals surface area contributed by atoms with Crippen molar-refractivity contribution in [2.24, 2.45) is 0 Å². The molecule has 0 bridgehead atoms. The zero-order valence-corrected chi connectivity index (χ0v) is 13.9. The average molecular weight is 271 g/mol. The summed E-state index contributed by atoms with van der Waals surface area (Å²) in [7, 11) is -1.53. The van der Waals surface area contributed by atoms with Crippen LogP contribution in [0.5, 0.6) is 0 Å². The molecule has 1 unspecified atom stereocenters. The van der Waals surface area contributed by atoms with Gasteiger partial charge in [-0.25, -0.2) is 0 Å². The van der Waals surface area contributed by atoms with Crippen molar-refractivity contribution in [3.63, 3.8) is 0 Å². The Kier molecular flexibility index (Phi) is 6.35. The third-order valence-corrected chi connectivity index (χ3v) is 8.86. The predicted molar refractivity (Wildman–Crippen MR) is 80.0 cm³/mol. The van der Waals surface area contributed by atoms with E-state index in [9.17, 15) is 0 Å². The first-order chi connectivity index (χ1) is 8.33. The fraction of sp³-hybridized carbons (Fsp3) is 0.933. The van der Waals surface area contributed by atoms with Crippen molar-refractivity contribution in [2.45, 2.75) is 83.5 Å². The van der Waals surface area contributed by atoms with Crippen molar-refractivity contribution in [1.82, 2.24) is 0 Å². The van der Waals surface area contributed by atoms with E-state index in [4.69, 9.17) is 9.16 Å². The molecule has 0 spiro atoms. The Hall–Kier alpha value is 0.137. The van der Waals surface area contributed by atoms with Gasteiger partial charge in [-0.1, -0.05) is 20.8 Å². The van der Waals surface area contributed by atoms with Crippen LogP contribution >= 0.6 is 0 Å². The zero-order valence-electron chi connectivity index (χ0n) is 12.9. The highest BCUT2D eigenvalue weighted by atomic mass is 28.4. The second-order valence-corrected chi connectivity index (χ2v) is 11.8. The third-order valence-electron chi connectivity index (χ3n) is 4.33. The van der Waals surface area contributed by atoms with Crippen LogP contribution in [0.15, 0.2) is 0 Å². The maximum Gasteiger partial charge on any atom is 0.191 e. The Morgan fingerprint density at radius 2 is 2.00 bits per heavy atom. The molecule has 1 saturated heterocycles. The summed E-state index contributed by atoms with van der Waals surface area (Å²) in [5.74, 6) is 0. The van der Waals surface area contributed by atoms with Crippen LogP contribution in [0.4, 0.5) is 0 Å². The molecule has 1 radical (unpaired) electrons. The zero-order chi connectivity index (χ0) is 13.6. The molecule has 18 heavy (non-hydrogen) atoms. The van der Waals surface area contributed by atoms with Crippen molar-refractivity contribution in [3.05, 3.63) is 6.61 Å². The molecule has 1 aliphatic heterocycles. The van der Waals surface area contributed by atoms with Crippen LogP contribution in [0.3, 0.4) is 0 Å². The van der Waals surface area contributed by atoms with Gasteiger partial charge < -0.3 is 9.16 Å². The van der Waals surface area contributed by atoms with Crippen molar-refractivity contribution >= 4 is 8.32 Å². The molecule has 0 aromatic carbocycles. The Labute approximate surface area is 115 Å². The summed E-state index contributed by atoms with van der Waals surface area (Å²) in [6.45, 7) is 14.5. The van der Waals surface area contributed by atoms with Gasteiger partial charge in [-0.2, -0.15) is 0 Å². The second kappa shape index (κ2) is 7.06. The number of rotatable bonds is 6. The van der Waals surface area contributed by atoms with E-state index >= 15 is 0 Å². The van der Waals surface area contributed by atoms with Crippen molar-refractivity contribution in [3.8, 4) is 0 Å². The van der Waals surface area contributed by atoms with Gasteiger partial charge in [0.15, 0.2) is 8.32 Å². The number of unbranched alkanes of at least 4 members (excludes halogenated alkanes) is 1. The first-order valence-corrected chi connectivity index (χ1v) is 10.3. The summed E-state index contributed by atoms with van der Waals surface area (Å²) in [6, 6.07) is 0. The molecule has 0 N–H and O–H groups in total. The van der Waals surface area contributed by atoms with Gasteiger partial charge in [0.05, 0.1) is 12.7 Å². The summed E-state index contributed by atoms with van der Waals surface area (Å²) in [6.07, 6.45) is 7.73. The molecule has 1 aliphatic rings. The van der Waals surface area contributed by atoms with Crippen LogP contribution in [0.1, 0.15) is 59.3 Å². The standard InChI is InChI=1S/C15H31O2Si/c1-15(2,3)18(4,5)17-13-9-7-11-14-10-6-8-12-16-14/h12,14H,6-11,13H2,1-5H3. The van der Waals surface area contributed by atoms with Crippen LogP contribution in [0.2, 0.25) is 18.1 Å². The molecule has 3 heteroatoms. The summed E-state index contributed by atoms with van der Waals surface area (Å²) in [5, 5.41) is 0.328. The Morgan fingerprint density at radius 3 is 2.56 bits per heavy atom. The minimum atomic E-state index is -1.53. The highest BCUT2D eigenvalue weighted by Crippen LogP contribution is 2.36. The van der Waals surface area contributed by atoms with E-state index in [-0.39, 0.29) is 0 Å². The van der Waals surface area contributed by atoms with Gasteiger partial charge >= 0.3 is 0 Å². The fourth-order valence-electron chi connectivity index (χ4n) is 1.93. The molecule has 0 aliphatic carbocycles. The molecular formula is C15H31O2Si. The molecule has 0 amide bonds. The van der Waals surface area contributed by atoms with Gasteiger partial charge in [0.2, 0.25) is 0 Å². The molecule has 107 valence electrons. The maximum atomic E-state index is 6.17. The SMILES string of the molecule is CC(C)(C)[Si](C)(C)OCCCCC1CCC[CH]O1. The van der Waals surface area contributed by atoms with Crippen molar-refractivity contribution < 1.29 is 9.16 Å². The largest absolute Gasteiger partial charge is 0.417 e. The molecule has 0 saturated carbocycles. The van der Waals surface area contributed by atoms with Gasteiger partial charge in [-0.05, 0) is 56.7 Å². The summed E-state index contributed by atoms with van der Waals surface area (Å²) < 4.78 is 11.8. The molecule has 0 aromatic heterocycles. The minimum Gasteiger partial charge on any atom is -0.417 e. The first-order valence-electron chi connectivity index (χ1n) is 7.44. The minimum absolute atomic E-state index is 0.328. The Morgan fingerprint density at radius 1 is 1.28 bits per heavy atom. The third kappa shape index (κ3) is 5.41. The number of ether oxygens (including phenoxy) is 1. The van der Waals surface area contributed by atoms with Crippen molar-refractivity contribution in [2.75, 3.05) is 6.61 Å². The van der Waals surface area contributed by atoms with Crippen LogP contribution in [0, 0.1) is 6.61 Å². The monoisotopic (exact) mass is 271 g/mol. The Balaban J connectivity index is 2.08. The quantitative estimate of drug-likeness (QED) is 0.505. The maximum absolute atomic E-state index is 6.17. The molecule has 2 nitrogen and oxygen atoms in total. The van der Waals surface area contributed by atoms with E-state index < -0.39 is 8.32 Å². The van der Waals surface area contributed by atoms with Gasteiger partial charge in [0.1, 0.15) is 0 Å². The highest BCUT2D eigenvalue weighted by Gasteiger charge is 2.36. The first kappa shape index (κ1) is 16.2. The van der Waals surface area contributed by atoms with Crippen LogP contribution in [-0.4, -0.2) is 21.0 Å². The van der Waals surface area contributed by atoms with E-state index in [1.54, 1.807) is 0 Å². The lowest BCUT2D eigenvalue weighted by molar-refractivity contribution is 0.0555. The van der Waals surface area contributed by atoms with Crippen LogP contribution < -0.4 is 0 Å². The van der Waals surface area contributed by atoms with E-state index in [1.807, 2.05) is 6.61 Å². The Bertz CT molecular complexity index is 227. The van der Waals surface area contributed by atoms with Crippen molar-refractivity contribution in [1.29, 1.82) is 0 Å². The molecule has 1 heterocycles. The average Bonchev–Trinajstić information content (AvgIpc) is 2.28. The van der Waals surface area contributed by atoms with E-state index in [2.05, 4.69) is 33.9 Å². The van der Waals surface area contributed by atoms with Gasteiger partial charge in [-0.15, -0.1) is 0 Å². The topological polar surface area (TPSA) is 18.5 Å². The number of hydrogen-bond donors (Lipinski definition) is 0. The lowest BCUT2D eigenvalue weighted by Crippen LogP contribution is -2.40. The van der Waals surface area contributed by atoms with Crippen LogP contribution in [0.25, 0.3) is 0 Å². The van der Waals surface area contributed by atoms with Gasteiger partial charge in [0, 0.05) is 6.61 Å². The lowest BCUT2D eigenvalue weighted by atomic mass is 10.0. The molecule has 1 fully saturated rings. The molecular weight excluding hydrogens is 240 g/mol. The second-order valence-electron chi connectivity index (χ2n) is 6.96. The lowest BCUT2D eigenvalue weighted by Gasteiger charge is -2.36. The highest BCUT2D eigenvalue weighted by molar-refractivity contribution is 6.74. The summed E-state index contributed by atoms with van der Waals surface area (Å²) >= 11 is 0. The number of hydrogen-bond acceptors (Lipinski definition) is 2. The normalized spacial score (nSPS) is 22.2. The predicted octanol–water partition coefficient (Wildman–Crippen LogP) is 4.91. The van der Waals surface area contributed by atoms with Crippen LogP contribution in [-0.2, 0) is 9.16 Å². The van der Waals surface area contributed by atoms with E-state index in [1.165, 1.54) is 32.1 Å². The van der Waals surface area contributed by atoms with Gasteiger partial charge in [0.25, 0.3) is 0 Å². The molecule has 1 atom stereocenters. The smallest absolute Gasteiger partial charge is 0.191 e. The summed E-state index contributed by atoms with van der Waals surface area (Å²) in [5.41, 5.74) is 0. The molecule has 0 aromatic rings.